The summed E-state index contributed by atoms with van der Waals surface area (Å²) in [4.78, 5) is 4.07. The molecule has 0 fully saturated rings. The molecule has 33 heavy (non-hydrogen) atoms. The third kappa shape index (κ3) is 5.76. The fourth-order valence-corrected chi connectivity index (χ4v) is 8.07. The van der Waals surface area contributed by atoms with E-state index in [2.05, 4.69) is 140 Å². The van der Waals surface area contributed by atoms with E-state index in [1.807, 2.05) is 0 Å². The number of halogens is 1. The molecule has 5 aromatic rings. The van der Waals surface area contributed by atoms with E-state index in [4.69, 9.17) is 0 Å². The Morgan fingerprint density at radius 3 is 1.30 bits per heavy atom. The predicted molar refractivity (Wildman–Crippen MR) is 135 cm³/mol. The Labute approximate surface area is 210 Å². The maximum atomic E-state index is 2.31. The summed E-state index contributed by atoms with van der Waals surface area (Å²) < 4.78 is 2.93. The Hall–Kier alpha value is -2.82. The van der Waals surface area contributed by atoms with E-state index in [9.17, 15) is 0 Å². The van der Waals surface area contributed by atoms with Crippen molar-refractivity contribution in [3.8, 4) is 0 Å². The van der Waals surface area contributed by atoms with Crippen LogP contribution in [0.5, 0.6) is 0 Å². The summed E-state index contributed by atoms with van der Waals surface area (Å²) in [6.07, 6.45) is 0.967. The normalized spacial score (nSPS) is 11.1. The quantitative estimate of drug-likeness (QED) is 0.205. The van der Waals surface area contributed by atoms with E-state index < -0.39 is 0 Å². The van der Waals surface area contributed by atoms with Crippen molar-refractivity contribution >= 4 is 10.9 Å². The molecule has 0 spiro atoms. The molecule has 0 aromatic heterocycles. The molecule has 5 aromatic carbocycles. The topological polar surface area (TPSA) is 0 Å². The van der Waals surface area contributed by atoms with Crippen LogP contribution in [0.15, 0.2) is 154 Å². The zero-order valence-electron chi connectivity index (χ0n) is 18.3. The molecule has 0 N–H and O–H groups in total. The minimum atomic E-state index is -0.101. The third-order valence-corrected chi connectivity index (χ3v) is 10.3. The number of benzene rings is 5. The SMILES string of the molecule is c1ccc([I-]c2ccc(Cc3ccc([S+](c4ccccc4)c4ccccc4)cc3)cc2)cc1. The van der Waals surface area contributed by atoms with Crippen LogP contribution in [0.4, 0.5) is 0 Å². The van der Waals surface area contributed by atoms with Crippen molar-refractivity contribution in [2.75, 3.05) is 0 Å². The standard InChI is InChI=1S/C31H25IS/c1-4-10-27(11-5-1)32-28-20-16-25(17-21-28)24-26-18-22-31(23-19-26)33(29-12-6-2-7-13-29)30-14-8-3-9-15-30/h1-23H,24H2. The van der Waals surface area contributed by atoms with Crippen LogP contribution in [0.2, 0.25) is 0 Å². The zero-order valence-corrected chi connectivity index (χ0v) is 21.2. The molecule has 0 bridgehead atoms. The molecule has 5 rings (SSSR count). The molecule has 0 amide bonds. The van der Waals surface area contributed by atoms with E-state index in [-0.39, 0.29) is 32.1 Å². The average Bonchev–Trinajstić information content (AvgIpc) is 2.88. The Morgan fingerprint density at radius 2 is 0.788 bits per heavy atom. The molecular formula is C31H25IS. The fourth-order valence-electron chi connectivity index (χ4n) is 3.77. The number of hydrogen-bond acceptors (Lipinski definition) is 0. The van der Waals surface area contributed by atoms with Crippen LogP contribution in [-0.4, -0.2) is 0 Å². The third-order valence-electron chi connectivity index (χ3n) is 5.39. The van der Waals surface area contributed by atoms with Gasteiger partial charge in [0.15, 0.2) is 0 Å². The van der Waals surface area contributed by atoms with Gasteiger partial charge in [0.1, 0.15) is 0 Å². The van der Waals surface area contributed by atoms with E-state index in [0.29, 0.717) is 0 Å². The van der Waals surface area contributed by atoms with Gasteiger partial charge < -0.3 is 0 Å². The first kappa shape index (κ1) is 22.0. The maximum absolute atomic E-state index is 2.31. The molecule has 0 radical (unpaired) electrons. The summed E-state index contributed by atoms with van der Waals surface area (Å²) in [5, 5.41) is 0. The van der Waals surface area contributed by atoms with Crippen LogP contribution in [0.1, 0.15) is 11.1 Å². The first-order valence-corrected chi connectivity index (χ1v) is 14.5. The van der Waals surface area contributed by atoms with Crippen LogP contribution in [-0.2, 0) is 17.3 Å². The van der Waals surface area contributed by atoms with Crippen LogP contribution in [0.25, 0.3) is 0 Å². The van der Waals surface area contributed by atoms with E-state index in [1.165, 1.54) is 33.0 Å². The molecule has 0 nitrogen and oxygen atoms in total. The van der Waals surface area contributed by atoms with Gasteiger partial charge in [-0.15, -0.1) is 0 Å². The van der Waals surface area contributed by atoms with Crippen LogP contribution in [0.3, 0.4) is 0 Å². The average molecular weight is 557 g/mol. The van der Waals surface area contributed by atoms with Gasteiger partial charge in [0, 0.05) is 0 Å². The van der Waals surface area contributed by atoms with Gasteiger partial charge in [-0.1, -0.05) is 36.4 Å². The van der Waals surface area contributed by atoms with Crippen molar-refractivity contribution in [3.63, 3.8) is 0 Å². The minimum absolute atomic E-state index is 0.0884. The van der Waals surface area contributed by atoms with Crippen molar-refractivity contribution in [2.24, 2.45) is 0 Å². The summed E-state index contributed by atoms with van der Waals surface area (Å²) in [6.45, 7) is 0. The predicted octanol–water partition coefficient (Wildman–Crippen LogP) is 4.50. The van der Waals surface area contributed by atoms with Crippen molar-refractivity contribution in [3.05, 3.63) is 158 Å². The number of rotatable bonds is 7. The molecule has 0 heterocycles. The second-order valence-corrected chi connectivity index (χ2v) is 12.8. The summed E-state index contributed by atoms with van der Waals surface area (Å²) >= 11 is -0.101. The van der Waals surface area contributed by atoms with E-state index >= 15 is 0 Å². The van der Waals surface area contributed by atoms with Crippen molar-refractivity contribution in [1.82, 2.24) is 0 Å². The molecule has 0 aliphatic carbocycles. The Kier molecular flexibility index (Phi) is 7.24. The molecule has 0 aliphatic rings. The zero-order chi connectivity index (χ0) is 22.3. The summed E-state index contributed by atoms with van der Waals surface area (Å²) in [5.41, 5.74) is 2.72. The molecule has 0 unspecified atom stereocenters. The molecule has 0 atom stereocenters. The fraction of sp³-hybridized carbons (Fsp3) is 0.0323. The van der Waals surface area contributed by atoms with Crippen LogP contribution in [0, 0.1) is 7.14 Å². The monoisotopic (exact) mass is 556 g/mol. The molecule has 0 saturated carbocycles. The molecule has 0 aliphatic heterocycles. The Bertz CT molecular complexity index is 1230. The van der Waals surface area contributed by atoms with Gasteiger partial charge in [0.05, 0.1) is 0 Å². The first-order valence-electron chi connectivity index (χ1n) is 11.1. The second kappa shape index (κ2) is 10.9. The van der Waals surface area contributed by atoms with Crippen LogP contribution >= 0.6 is 0 Å². The van der Waals surface area contributed by atoms with Gasteiger partial charge in [0.25, 0.3) is 0 Å². The molecule has 0 saturated heterocycles. The summed E-state index contributed by atoms with van der Waals surface area (Å²) in [5.74, 6) is 0. The van der Waals surface area contributed by atoms with E-state index in [1.54, 1.807) is 0 Å². The van der Waals surface area contributed by atoms with Crippen molar-refractivity contribution < 1.29 is 21.2 Å². The van der Waals surface area contributed by atoms with Crippen LogP contribution < -0.4 is 21.2 Å². The molecule has 162 valence electrons. The van der Waals surface area contributed by atoms with Gasteiger partial charge in [-0.05, 0) is 0 Å². The molecule has 2 heteroatoms. The van der Waals surface area contributed by atoms with Crippen molar-refractivity contribution in [2.45, 2.75) is 21.1 Å². The number of hydrogen-bond donors (Lipinski definition) is 0. The van der Waals surface area contributed by atoms with Gasteiger partial charge in [-0.2, -0.15) is 0 Å². The van der Waals surface area contributed by atoms with E-state index in [0.717, 1.165) is 6.42 Å². The van der Waals surface area contributed by atoms with Gasteiger partial charge in [-0.3, -0.25) is 0 Å². The first-order chi connectivity index (χ1) is 16.3. The second-order valence-electron chi connectivity index (χ2n) is 7.77. The van der Waals surface area contributed by atoms with Gasteiger partial charge in [0.2, 0.25) is 0 Å². The van der Waals surface area contributed by atoms with Gasteiger partial charge in [-0.25, -0.2) is 0 Å². The summed E-state index contributed by atoms with van der Waals surface area (Å²) in [6, 6.07) is 50.9. The molecular weight excluding hydrogens is 531 g/mol. The Morgan fingerprint density at radius 1 is 0.394 bits per heavy atom. The summed E-state index contributed by atoms with van der Waals surface area (Å²) in [7, 11) is -0.0884. The van der Waals surface area contributed by atoms with Gasteiger partial charge >= 0.3 is 175 Å². The Balaban J connectivity index is 1.32. The van der Waals surface area contributed by atoms with Crippen molar-refractivity contribution in [1.29, 1.82) is 0 Å².